The second-order valence-electron chi connectivity index (χ2n) is 2.91. The van der Waals surface area contributed by atoms with Crippen LogP contribution in [0.3, 0.4) is 0 Å². The van der Waals surface area contributed by atoms with E-state index in [1.54, 1.807) is 0 Å². The molecule has 0 radical (unpaired) electrons. The number of hydrogen-bond donors (Lipinski definition) is 1. The Balaban J connectivity index is 2.61. The highest BCUT2D eigenvalue weighted by molar-refractivity contribution is 4.96. The fraction of sp³-hybridized carbons (Fsp3) is 1.00. The molecule has 1 aliphatic rings. The van der Waals surface area contributed by atoms with Gasteiger partial charge in [-0.15, -0.1) is 0 Å². The standard InChI is InChI=1S/C6H10F4N2/c7-5(8)3-12(2-1-11)4-6(5,9)10/h1-4,11H2. The lowest BCUT2D eigenvalue weighted by atomic mass is 10.2. The molecular weight excluding hydrogens is 176 g/mol. The number of hydrogen-bond acceptors (Lipinski definition) is 2. The normalized spacial score (nSPS) is 27.8. The van der Waals surface area contributed by atoms with E-state index in [1.165, 1.54) is 0 Å². The van der Waals surface area contributed by atoms with Crippen LogP contribution < -0.4 is 5.73 Å². The van der Waals surface area contributed by atoms with Gasteiger partial charge in [0.15, 0.2) is 0 Å². The van der Waals surface area contributed by atoms with E-state index in [2.05, 4.69) is 0 Å². The molecule has 1 saturated heterocycles. The third kappa shape index (κ3) is 1.54. The van der Waals surface area contributed by atoms with Gasteiger partial charge in [0.2, 0.25) is 0 Å². The predicted octanol–water partition coefficient (Wildman–Crippen LogP) is 0.531. The molecule has 0 aromatic rings. The Bertz CT molecular complexity index is 155. The molecule has 1 aliphatic heterocycles. The number of nitrogens with zero attached hydrogens (tertiary/aromatic N) is 1. The van der Waals surface area contributed by atoms with Crippen LogP contribution >= 0.6 is 0 Å². The van der Waals surface area contributed by atoms with Gasteiger partial charge in [0.25, 0.3) is 0 Å². The largest absolute Gasteiger partial charge is 0.329 e. The van der Waals surface area contributed by atoms with Crippen LogP contribution in [0.25, 0.3) is 0 Å². The molecule has 6 heteroatoms. The summed E-state index contributed by atoms with van der Waals surface area (Å²) in [6, 6.07) is 0. The minimum absolute atomic E-state index is 0.0885. The number of alkyl halides is 4. The quantitative estimate of drug-likeness (QED) is 0.637. The molecule has 0 aromatic carbocycles. The molecule has 0 atom stereocenters. The van der Waals surface area contributed by atoms with E-state index in [0.717, 1.165) is 4.90 Å². The molecule has 0 spiro atoms. The van der Waals surface area contributed by atoms with Crippen molar-refractivity contribution in [3.63, 3.8) is 0 Å². The molecule has 1 rings (SSSR count). The number of rotatable bonds is 2. The molecule has 0 amide bonds. The van der Waals surface area contributed by atoms with Gasteiger partial charge in [-0.3, -0.25) is 4.90 Å². The van der Waals surface area contributed by atoms with Gasteiger partial charge in [0.1, 0.15) is 0 Å². The highest BCUT2D eigenvalue weighted by Crippen LogP contribution is 2.40. The van der Waals surface area contributed by atoms with Gasteiger partial charge in [0.05, 0.1) is 13.1 Å². The van der Waals surface area contributed by atoms with Gasteiger partial charge < -0.3 is 5.73 Å². The van der Waals surface area contributed by atoms with Crippen LogP contribution in [0.1, 0.15) is 0 Å². The summed E-state index contributed by atoms with van der Waals surface area (Å²) in [5, 5.41) is 0. The average molecular weight is 186 g/mol. The second kappa shape index (κ2) is 2.85. The zero-order valence-electron chi connectivity index (χ0n) is 6.36. The van der Waals surface area contributed by atoms with Crippen LogP contribution in [0.2, 0.25) is 0 Å². The first-order chi connectivity index (χ1) is 5.39. The summed E-state index contributed by atoms with van der Waals surface area (Å²) < 4.78 is 49.9. The van der Waals surface area contributed by atoms with Gasteiger partial charge in [-0.05, 0) is 0 Å². The van der Waals surface area contributed by atoms with Gasteiger partial charge in [-0.25, -0.2) is 0 Å². The van der Waals surface area contributed by atoms with Crippen molar-refractivity contribution in [2.75, 3.05) is 26.2 Å². The number of nitrogens with two attached hydrogens (primary N) is 1. The summed E-state index contributed by atoms with van der Waals surface area (Å²) in [6.45, 7) is -1.58. The van der Waals surface area contributed by atoms with Crippen LogP contribution in [0.4, 0.5) is 17.6 Å². The second-order valence-corrected chi connectivity index (χ2v) is 2.91. The lowest BCUT2D eigenvalue weighted by Gasteiger charge is -2.15. The molecule has 0 aromatic heterocycles. The zero-order valence-corrected chi connectivity index (χ0v) is 6.36. The summed E-state index contributed by atoms with van der Waals surface area (Å²) in [5.41, 5.74) is 5.05. The van der Waals surface area contributed by atoms with E-state index in [0.29, 0.717) is 0 Å². The molecule has 0 unspecified atom stereocenters. The summed E-state index contributed by atoms with van der Waals surface area (Å²) >= 11 is 0. The summed E-state index contributed by atoms with van der Waals surface area (Å²) in [7, 11) is 0. The monoisotopic (exact) mass is 186 g/mol. The fourth-order valence-corrected chi connectivity index (χ4v) is 1.19. The molecule has 0 bridgehead atoms. The highest BCUT2D eigenvalue weighted by atomic mass is 19.3. The topological polar surface area (TPSA) is 29.3 Å². The Morgan fingerprint density at radius 1 is 1.08 bits per heavy atom. The van der Waals surface area contributed by atoms with Gasteiger partial charge >= 0.3 is 11.8 Å². The van der Waals surface area contributed by atoms with E-state index in [4.69, 9.17) is 5.73 Å². The summed E-state index contributed by atoms with van der Waals surface area (Å²) in [5.74, 6) is -7.80. The fourth-order valence-electron chi connectivity index (χ4n) is 1.19. The molecule has 0 saturated carbocycles. The van der Waals surface area contributed by atoms with Crippen LogP contribution in [-0.2, 0) is 0 Å². The maximum Gasteiger partial charge on any atom is 0.323 e. The third-order valence-electron chi connectivity index (χ3n) is 1.82. The molecule has 1 heterocycles. The molecule has 2 nitrogen and oxygen atoms in total. The molecule has 12 heavy (non-hydrogen) atoms. The van der Waals surface area contributed by atoms with Crippen molar-refractivity contribution in [1.82, 2.24) is 4.90 Å². The van der Waals surface area contributed by atoms with Crippen molar-refractivity contribution < 1.29 is 17.6 Å². The van der Waals surface area contributed by atoms with Crippen molar-refractivity contribution in [1.29, 1.82) is 0 Å². The Labute approximate surface area is 67.3 Å². The SMILES string of the molecule is NCCN1CC(F)(F)C(F)(F)C1. The maximum absolute atomic E-state index is 12.5. The van der Waals surface area contributed by atoms with Crippen LogP contribution in [-0.4, -0.2) is 42.9 Å². The van der Waals surface area contributed by atoms with Crippen molar-refractivity contribution in [2.24, 2.45) is 5.73 Å². The van der Waals surface area contributed by atoms with Crippen molar-refractivity contribution in [3.8, 4) is 0 Å². The number of likely N-dealkylation sites (tertiary alicyclic amines) is 1. The van der Waals surface area contributed by atoms with E-state index < -0.39 is 24.9 Å². The highest BCUT2D eigenvalue weighted by Gasteiger charge is 2.62. The van der Waals surface area contributed by atoms with Gasteiger partial charge in [-0.1, -0.05) is 0 Å². The summed E-state index contributed by atoms with van der Waals surface area (Å²) in [6.07, 6.45) is 0. The minimum Gasteiger partial charge on any atom is -0.329 e. The molecule has 0 aliphatic carbocycles. The van der Waals surface area contributed by atoms with Crippen molar-refractivity contribution in [3.05, 3.63) is 0 Å². The molecule has 2 N–H and O–H groups in total. The van der Waals surface area contributed by atoms with E-state index in [1.807, 2.05) is 0 Å². The Morgan fingerprint density at radius 2 is 1.50 bits per heavy atom. The Morgan fingerprint density at radius 3 is 1.83 bits per heavy atom. The summed E-state index contributed by atoms with van der Waals surface area (Å²) in [4.78, 5) is 0.972. The van der Waals surface area contributed by atoms with Crippen molar-refractivity contribution >= 4 is 0 Å². The average Bonchev–Trinajstić information content (AvgIpc) is 2.02. The zero-order chi connectivity index (χ0) is 9.41. The molecular formula is C6H10F4N2. The lowest BCUT2D eigenvalue weighted by Crippen LogP contribution is -2.38. The van der Waals surface area contributed by atoms with Crippen molar-refractivity contribution in [2.45, 2.75) is 11.8 Å². The molecule has 72 valence electrons. The maximum atomic E-state index is 12.5. The first kappa shape index (κ1) is 9.73. The van der Waals surface area contributed by atoms with Gasteiger partial charge in [0, 0.05) is 13.1 Å². The van der Waals surface area contributed by atoms with Crippen LogP contribution in [0.15, 0.2) is 0 Å². The van der Waals surface area contributed by atoms with Crippen LogP contribution in [0.5, 0.6) is 0 Å². The predicted molar refractivity (Wildman–Crippen MR) is 35.4 cm³/mol. The van der Waals surface area contributed by atoms with Gasteiger partial charge in [-0.2, -0.15) is 17.6 Å². The van der Waals surface area contributed by atoms with E-state index >= 15 is 0 Å². The smallest absolute Gasteiger partial charge is 0.323 e. The number of halogens is 4. The third-order valence-corrected chi connectivity index (χ3v) is 1.82. The Hall–Kier alpha value is -0.360. The molecule has 1 fully saturated rings. The minimum atomic E-state index is -3.90. The first-order valence-electron chi connectivity index (χ1n) is 3.57. The lowest BCUT2D eigenvalue weighted by molar-refractivity contribution is -0.172. The van der Waals surface area contributed by atoms with E-state index in [-0.39, 0.29) is 13.1 Å². The first-order valence-corrected chi connectivity index (χ1v) is 3.57. The van der Waals surface area contributed by atoms with Crippen LogP contribution in [0, 0.1) is 0 Å². The Kier molecular flexibility index (Phi) is 2.31. The van der Waals surface area contributed by atoms with E-state index in [9.17, 15) is 17.6 Å².